The number of hydrogen-bond donors (Lipinski definition) is 0. The minimum Gasteiger partial charge on any atom is -0.487 e. The Bertz CT molecular complexity index is 2110. The monoisotopic (exact) mass is 794 g/mol. The number of thiazole rings is 1. The fraction of sp³-hybridized carbons (Fsp3) is 0.147. The van der Waals surface area contributed by atoms with Crippen LogP contribution in [0.2, 0.25) is 0 Å². The third-order valence-corrected chi connectivity index (χ3v) is 9.94. The molecule has 1 aliphatic heterocycles. The van der Waals surface area contributed by atoms with Crippen molar-refractivity contribution in [2.75, 3.05) is 6.61 Å². The number of carbonyl (C=O) groups is 1. The standard InChI is InChI=1S/C34H25Br3N2O4S/c1-3-42-33(41)29-19(2)38-34-39(30(29)25-10-6-8-22-7-4-5-9-24(22)25)32(40)28(44-34)17-21-15-26(36)31(27(37)16-21)43-18-20-11-13-23(35)14-12-20/h4-17,30H,3,18H2,1-2H3/b28-17-/t30-/m1/s1. The number of halogens is 3. The zero-order chi connectivity index (χ0) is 31.0. The number of hydrogen-bond acceptors (Lipinski definition) is 6. The smallest absolute Gasteiger partial charge is 0.338 e. The van der Waals surface area contributed by atoms with Crippen LogP contribution in [0.15, 0.2) is 113 Å². The Morgan fingerprint density at radius 1 is 1.00 bits per heavy atom. The first-order valence-corrected chi connectivity index (χ1v) is 17.0. The molecule has 5 aromatic rings. The van der Waals surface area contributed by atoms with Crippen molar-refractivity contribution in [2.24, 2.45) is 4.99 Å². The number of allylic oxidation sites excluding steroid dienone is 1. The molecule has 0 N–H and O–H groups in total. The van der Waals surface area contributed by atoms with Crippen LogP contribution in [-0.4, -0.2) is 17.1 Å². The number of fused-ring (bicyclic) bond motifs is 2. The molecule has 2 heterocycles. The lowest BCUT2D eigenvalue weighted by Gasteiger charge is -2.25. The second-order valence-electron chi connectivity index (χ2n) is 10.1. The fourth-order valence-electron chi connectivity index (χ4n) is 5.26. The lowest BCUT2D eigenvalue weighted by Crippen LogP contribution is -2.40. The van der Waals surface area contributed by atoms with Crippen LogP contribution >= 0.6 is 59.1 Å². The van der Waals surface area contributed by atoms with E-state index in [0.717, 1.165) is 40.9 Å². The second kappa shape index (κ2) is 13.0. The first-order chi connectivity index (χ1) is 21.2. The summed E-state index contributed by atoms with van der Waals surface area (Å²) < 4.78 is 16.2. The van der Waals surface area contributed by atoms with Crippen molar-refractivity contribution < 1.29 is 14.3 Å². The van der Waals surface area contributed by atoms with Crippen LogP contribution in [0.1, 0.15) is 36.6 Å². The van der Waals surface area contributed by atoms with Crippen LogP contribution in [0, 0.1) is 0 Å². The lowest BCUT2D eigenvalue weighted by molar-refractivity contribution is -0.139. The molecular weight excluding hydrogens is 772 g/mol. The van der Waals surface area contributed by atoms with Gasteiger partial charge in [-0.3, -0.25) is 9.36 Å². The number of esters is 1. The van der Waals surface area contributed by atoms with Crippen LogP contribution in [0.3, 0.4) is 0 Å². The Hall–Kier alpha value is -3.31. The maximum Gasteiger partial charge on any atom is 0.338 e. The van der Waals surface area contributed by atoms with Gasteiger partial charge >= 0.3 is 5.97 Å². The van der Waals surface area contributed by atoms with Gasteiger partial charge < -0.3 is 9.47 Å². The first kappa shape index (κ1) is 30.7. The number of ether oxygens (including phenoxy) is 2. The number of aromatic nitrogens is 1. The van der Waals surface area contributed by atoms with Crippen LogP contribution < -0.4 is 19.6 Å². The van der Waals surface area contributed by atoms with Gasteiger partial charge in [-0.2, -0.15) is 0 Å². The van der Waals surface area contributed by atoms with Gasteiger partial charge in [-0.1, -0.05) is 81.9 Å². The number of rotatable bonds is 7. The molecule has 222 valence electrons. The highest BCUT2D eigenvalue weighted by molar-refractivity contribution is 9.11. The Labute approximate surface area is 282 Å². The average Bonchev–Trinajstić information content (AvgIpc) is 3.30. The molecule has 6 nitrogen and oxygen atoms in total. The minimum atomic E-state index is -0.689. The largest absolute Gasteiger partial charge is 0.487 e. The van der Waals surface area contributed by atoms with Gasteiger partial charge in [-0.05, 0) is 104 Å². The summed E-state index contributed by atoms with van der Waals surface area (Å²) in [5.74, 6) is 0.185. The van der Waals surface area contributed by atoms with Crippen molar-refractivity contribution in [3.8, 4) is 5.75 Å². The third-order valence-electron chi connectivity index (χ3n) is 7.25. The normalized spacial score (nSPS) is 14.8. The van der Waals surface area contributed by atoms with Gasteiger partial charge in [-0.25, -0.2) is 9.79 Å². The van der Waals surface area contributed by atoms with Gasteiger partial charge in [0.15, 0.2) is 4.80 Å². The minimum absolute atomic E-state index is 0.217. The van der Waals surface area contributed by atoms with E-state index < -0.39 is 12.0 Å². The summed E-state index contributed by atoms with van der Waals surface area (Å²) in [6.07, 6.45) is 1.83. The van der Waals surface area contributed by atoms with Crippen LogP contribution in [0.25, 0.3) is 16.8 Å². The summed E-state index contributed by atoms with van der Waals surface area (Å²) in [7, 11) is 0. The van der Waals surface area contributed by atoms with E-state index in [1.807, 2.05) is 84.9 Å². The molecule has 0 radical (unpaired) electrons. The van der Waals surface area contributed by atoms with E-state index in [-0.39, 0.29) is 12.2 Å². The summed E-state index contributed by atoms with van der Waals surface area (Å²) in [5, 5.41) is 1.97. The molecule has 44 heavy (non-hydrogen) atoms. The van der Waals surface area contributed by atoms with Crippen LogP contribution in [0.4, 0.5) is 0 Å². The van der Waals surface area contributed by atoms with Gasteiger partial charge in [0, 0.05) is 4.47 Å². The van der Waals surface area contributed by atoms with Gasteiger partial charge in [0.2, 0.25) is 0 Å². The summed E-state index contributed by atoms with van der Waals surface area (Å²) in [6, 6.07) is 25.0. The predicted molar refractivity (Wildman–Crippen MR) is 185 cm³/mol. The number of carbonyl (C=O) groups excluding carboxylic acids is 1. The number of benzene rings is 4. The molecule has 0 saturated carbocycles. The van der Waals surface area contributed by atoms with Crippen molar-refractivity contribution in [3.63, 3.8) is 0 Å². The third kappa shape index (κ3) is 6.00. The molecule has 1 atom stereocenters. The topological polar surface area (TPSA) is 69.9 Å². The Balaban J connectivity index is 1.44. The molecule has 0 bridgehead atoms. The van der Waals surface area contributed by atoms with E-state index in [2.05, 4.69) is 47.8 Å². The van der Waals surface area contributed by atoms with E-state index in [4.69, 9.17) is 14.5 Å². The SMILES string of the molecule is CCOC(=O)C1=C(C)N=c2s/c(=C\c3cc(Br)c(OCc4ccc(Br)cc4)c(Br)c3)c(=O)n2[C@@H]1c1cccc2ccccc12. The summed E-state index contributed by atoms with van der Waals surface area (Å²) in [4.78, 5) is 32.7. The number of nitrogens with zero attached hydrogens (tertiary/aromatic N) is 2. The van der Waals surface area contributed by atoms with Crippen molar-refractivity contribution in [3.05, 3.63) is 140 Å². The molecule has 1 aromatic heterocycles. The van der Waals surface area contributed by atoms with E-state index in [0.29, 0.717) is 33.0 Å². The van der Waals surface area contributed by atoms with E-state index in [1.54, 1.807) is 18.4 Å². The van der Waals surface area contributed by atoms with Crippen molar-refractivity contribution in [1.29, 1.82) is 0 Å². The Morgan fingerprint density at radius 2 is 1.70 bits per heavy atom. The van der Waals surface area contributed by atoms with Crippen LogP contribution in [-0.2, 0) is 16.1 Å². The lowest BCUT2D eigenvalue weighted by atomic mass is 9.91. The Morgan fingerprint density at radius 3 is 2.43 bits per heavy atom. The van der Waals surface area contributed by atoms with Crippen molar-refractivity contribution >= 4 is 81.9 Å². The summed E-state index contributed by atoms with van der Waals surface area (Å²) >= 11 is 12.0. The predicted octanol–water partition coefficient (Wildman–Crippen LogP) is 7.82. The highest BCUT2D eigenvalue weighted by atomic mass is 79.9. The van der Waals surface area contributed by atoms with Gasteiger partial charge in [0.1, 0.15) is 12.4 Å². The maximum absolute atomic E-state index is 14.1. The molecule has 1 aliphatic rings. The van der Waals surface area contributed by atoms with Crippen LogP contribution in [0.5, 0.6) is 5.75 Å². The zero-order valence-electron chi connectivity index (χ0n) is 23.6. The summed E-state index contributed by atoms with van der Waals surface area (Å²) in [6.45, 7) is 4.18. The summed E-state index contributed by atoms with van der Waals surface area (Å²) in [5.41, 5.74) is 3.34. The molecule has 0 spiro atoms. The maximum atomic E-state index is 14.1. The molecular formula is C34H25Br3N2O4S. The quantitative estimate of drug-likeness (QED) is 0.158. The molecule has 0 aliphatic carbocycles. The highest BCUT2D eigenvalue weighted by Gasteiger charge is 2.34. The van der Waals surface area contributed by atoms with Gasteiger partial charge in [-0.15, -0.1) is 0 Å². The highest BCUT2D eigenvalue weighted by Crippen LogP contribution is 2.37. The van der Waals surface area contributed by atoms with Gasteiger partial charge in [0.25, 0.3) is 5.56 Å². The van der Waals surface area contributed by atoms with Gasteiger partial charge in [0.05, 0.1) is 37.4 Å². The molecule has 0 fully saturated rings. The first-order valence-electron chi connectivity index (χ1n) is 13.8. The van der Waals surface area contributed by atoms with E-state index >= 15 is 0 Å². The van der Waals surface area contributed by atoms with E-state index in [1.165, 1.54) is 11.3 Å². The molecule has 4 aromatic carbocycles. The van der Waals surface area contributed by atoms with E-state index in [9.17, 15) is 9.59 Å². The molecule has 0 amide bonds. The average molecular weight is 797 g/mol. The fourth-order valence-corrected chi connectivity index (χ4v) is 8.02. The Kier molecular flexibility index (Phi) is 9.05. The van der Waals surface area contributed by atoms with Crippen molar-refractivity contribution in [2.45, 2.75) is 26.5 Å². The molecule has 10 heteroatoms. The second-order valence-corrected chi connectivity index (χ2v) is 13.7. The van der Waals surface area contributed by atoms with Crippen molar-refractivity contribution in [1.82, 2.24) is 4.57 Å². The molecule has 0 saturated heterocycles. The molecule has 6 rings (SSSR count). The zero-order valence-corrected chi connectivity index (χ0v) is 29.2. The molecule has 0 unspecified atom stereocenters.